The minimum atomic E-state index is -0.0252. The number of anilines is 2. The Morgan fingerprint density at radius 3 is 1.29 bits per heavy atom. The van der Waals surface area contributed by atoms with Gasteiger partial charge in [-0.25, -0.2) is 0 Å². The van der Waals surface area contributed by atoms with Crippen molar-refractivity contribution in [2.45, 2.75) is 52.4 Å². The summed E-state index contributed by atoms with van der Waals surface area (Å²) in [4.78, 5) is 6.77. The van der Waals surface area contributed by atoms with Crippen LogP contribution in [0.25, 0.3) is 66.3 Å². The molecule has 11 rings (SSSR count). The first-order chi connectivity index (χ1) is 33.0. The van der Waals surface area contributed by atoms with Crippen molar-refractivity contribution in [1.82, 2.24) is 4.98 Å². The van der Waals surface area contributed by atoms with Crippen LogP contribution in [0.4, 0.5) is 11.4 Å². The van der Waals surface area contributed by atoms with Crippen molar-refractivity contribution in [2.75, 3.05) is 9.91 Å². The van der Waals surface area contributed by atoms with E-state index in [0.29, 0.717) is 0 Å². The van der Waals surface area contributed by atoms with Gasteiger partial charge in [-0.1, -0.05) is 248 Å². The van der Waals surface area contributed by atoms with E-state index in [-0.39, 0.29) is 33.2 Å². The number of hydrogen-bond donors (Lipinski definition) is 0. The Labute approximate surface area is 423 Å². The van der Waals surface area contributed by atoms with E-state index in [1.165, 1.54) is 38.6 Å². The van der Waals surface area contributed by atoms with E-state index >= 15 is 0 Å². The predicted molar refractivity (Wildman–Crippen MR) is 289 cm³/mol. The van der Waals surface area contributed by atoms with Crippen LogP contribution in [0.2, 0.25) is 0 Å². The Bertz CT molecular complexity index is 3240. The molecule has 1 aliphatic heterocycles. The van der Waals surface area contributed by atoms with Gasteiger partial charge in [0.1, 0.15) is 5.84 Å². The number of rotatable bonds is 7. The number of fused-ring (bicyclic) bond motifs is 3. The standard InChI is InChI=1S/C52H48N3.C12H8N.Au/c1-51(2,3)44-31-43(32-45(35-44)52(4,5)6)48-29-19-28-47(39-24-15-9-16-25-39)49(48)55-36-54(50(53-55)40-26-17-10-18-27-40)46-33-41(37-20-11-7-12-21-37)30-42(34-46)38-22-13-8-14-23-38;1-3-7-11-9(5-1)10-6-2-4-8-12(10)13-11;/h7-36H,1-6H3;1-8H;/q2*-1;. The first-order valence-electron chi connectivity index (χ1n) is 23.6. The minimum absolute atomic E-state index is 0. The summed E-state index contributed by atoms with van der Waals surface area (Å²) >= 11 is 0. The Balaban J connectivity index is 0.000000362. The van der Waals surface area contributed by atoms with Crippen LogP contribution in [0, 0.1) is 6.67 Å². The average Bonchev–Trinajstić information content (AvgIpc) is 3.99. The van der Waals surface area contributed by atoms with E-state index in [4.69, 9.17) is 5.10 Å². The van der Waals surface area contributed by atoms with E-state index in [1.54, 1.807) is 0 Å². The molecule has 0 N–H and O–H groups in total. The Hall–Kier alpha value is -7.21. The van der Waals surface area contributed by atoms with Gasteiger partial charge in [-0.15, -0.1) is 17.7 Å². The van der Waals surface area contributed by atoms with Crippen LogP contribution in [0.5, 0.6) is 0 Å². The van der Waals surface area contributed by atoms with E-state index in [1.807, 2.05) is 12.1 Å². The topological polar surface area (TPSA) is 32.9 Å². The number of para-hydroxylation sites is 3. The van der Waals surface area contributed by atoms with Crippen molar-refractivity contribution < 1.29 is 22.4 Å². The molecule has 9 aromatic carbocycles. The predicted octanol–water partition coefficient (Wildman–Crippen LogP) is 16.7. The fraction of sp³-hybridized carbons (Fsp3) is 0.125. The van der Waals surface area contributed by atoms with Crippen LogP contribution in [0.15, 0.2) is 230 Å². The Morgan fingerprint density at radius 2 is 0.812 bits per heavy atom. The van der Waals surface area contributed by atoms with Gasteiger partial charge in [-0.3, -0.25) is 0 Å². The van der Waals surface area contributed by atoms with Crippen LogP contribution >= 0.6 is 0 Å². The number of benzene rings is 9. The van der Waals surface area contributed by atoms with Crippen LogP contribution in [0.3, 0.4) is 0 Å². The van der Waals surface area contributed by atoms with Crippen molar-refractivity contribution in [2.24, 2.45) is 5.10 Å². The molecule has 0 saturated heterocycles. The smallest absolute Gasteiger partial charge is 0.129 e. The third-order valence-electron chi connectivity index (χ3n) is 12.8. The first-order valence-corrected chi connectivity index (χ1v) is 23.6. The van der Waals surface area contributed by atoms with Crippen molar-refractivity contribution in [3.8, 4) is 44.5 Å². The van der Waals surface area contributed by atoms with Gasteiger partial charge >= 0.3 is 0 Å². The van der Waals surface area contributed by atoms with Crippen molar-refractivity contribution in [1.29, 1.82) is 0 Å². The third-order valence-corrected chi connectivity index (χ3v) is 12.8. The molecule has 0 saturated carbocycles. The molecule has 0 atom stereocenters. The van der Waals surface area contributed by atoms with E-state index in [2.05, 4.69) is 275 Å². The summed E-state index contributed by atoms with van der Waals surface area (Å²) in [5, 5.41) is 10.1. The molecule has 0 amide bonds. The van der Waals surface area contributed by atoms with Gasteiger partial charge in [-0.2, -0.15) is 5.10 Å². The molecule has 1 aromatic heterocycles. The summed E-state index contributed by atoms with van der Waals surface area (Å²) < 4.78 is 0. The summed E-state index contributed by atoms with van der Waals surface area (Å²) in [6.45, 7) is 16.0. The molecule has 0 fully saturated rings. The van der Waals surface area contributed by atoms with Crippen LogP contribution in [-0.2, 0) is 33.2 Å². The molecule has 0 unspecified atom stereocenters. The summed E-state index contributed by atoms with van der Waals surface area (Å²) in [5.74, 6) is 0.859. The number of hydrogen-bond acceptors (Lipinski definition) is 3. The second kappa shape index (κ2) is 19.8. The molecule has 2 heterocycles. The van der Waals surface area contributed by atoms with Gasteiger partial charge in [0.2, 0.25) is 0 Å². The summed E-state index contributed by atoms with van der Waals surface area (Å²) in [5.41, 5.74) is 17.1. The third kappa shape index (κ3) is 10.0. The summed E-state index contributed by atoms with van der Waals surface area (Å²) in [7, 11) is 0. The number of amidine groups is 1. The van der Waals surface area contributed by atoms with Gasteiger partial charge < -0.3 is 14.9 Å². The fourth-order valence-electron chi connectivity index (χ4n) is 9.02. The van der Waals surface area contributed by atoms with Crippen molar-refractivity contribution in [3.63, 3.8) is 0 Å². The molecule has 1 radical (unpaired) electrons. The maximum Gasteiger partial charge on any atom is 0.129 e. The maximum atomic E-state index is 5.53. The molecule has 69 heavy (non-hydrogen) atoms. The number of aromatic nitrogens is 1. The Morgan fingerprint density at radius 1 is 0.391 bits per heavy atom. The summed E-state index contributed by atoms with van der Waals surface area (Å²) in [6.07, 6.45) is 0. The van der Waals surface area contributed by atoms with Gasteiger partial charge in [0, 0.05) is 50.4 Å². The van der Waals surface area contributed by atoms with Crippen LogP contribution in [0.1, 0.15) is 58.2 Å². The fourth-order valence-corrected chi connectivity index (χ4v) is 9.02. The quantitative estimate of drug-likeness (QED) is 0.118. The number of nitrogens with zero attached hydrogens (tertiary/aromatic N) is 4. The minimum Gasteiger partial charge on any atom is -0.657 e. The molecule has 5 heteroatoms. The zero-order valence-corrected chi connectivity index (χ0v) is 42.2. The van der Waals surface area contributed by atoms with Crippen molar-refractivity contribution in [3.05, 3.63) is 248 Å². The van der Waals surface area contributed by atoms with Gasteiger partial charge in [-0.05, 0) is 84.3 Å². The second-order valence-electron chi connectivity index (χ2n) is 19.6. The normalized spacial score (nSPS) is 12.6. The molecule has 345 valence electrons. The van der Waals surface area contributed by atoms with Crippen molar-refractivity contribution >= 4 is 39.0 Å². The van der Waals surface area contributed by atoms with Crippen LogP contribution in [-0.4, -0.2) is 5.84 Å². The SMILES string of the molecule is CC(C)(C)c1cc(-c2cccc(-c3ccccc3)c2N2[CH-]N(c3cc(-c4ccccc4)cc(-c4ccccc4)c3)C(c3ccccc3)=N2)cc(C(C)(C)C)c1.[Au].c1ccc2c(c1)[n-]c1ccccc12. The molecule has 1 aliphatic rings. The van der Waals surface area contributed by atoms with E-state index < -0.39 is 0 Å². The maximum absolute atomic E-state index is 5.53. The molecule has 0 aliphatic carbocycles. The van der Waals surface area contributed by atoms with Gasteiger partial charge in [0.05, 0.1) is 0 Å². The Kier molecular flexibility index (Phi) is 13.4. The van der Waals surface area contributed by atoms with Gasteiger partial charge in [0.15, 0.2) is 0 Å². The largest absolute Gasteiger partial charge is 0.657 e. The molecular formula is C64H56AuN4-2. The molecule has 0 spiro atoms. The molecular weight excluding hydrogens is 1020 g/mol. The zero-order chi connectivity index (χ0) is 46.8. The zero-order valence-electron chi connectivity index (χ0n) is 40.0. The molecule has 10 aromatic rings. The monoisotopic (exact) mass is 1080 g/mol. The number of hydrazone groups is 1. The summed E-state index contributed by atoms with van der Waals surface area (Å²) in [6, 6.07) is 79.7. The first kappa shape index (κ1) is 46.9. The molecule has 4 nitrogen and oxygen atoms in total. The van der Waals surface area contributed by atoms with Crippen LogP contribution < -0.4 is 14.9 Å². The molecule has 0 bridgehead atoms. The second-order valence-corrected chi connectivity index (χ2v) is 19.6. The average molecular weight is 1080 g/mol. The van der Waals surface area contributed by atoms with E-state index in [9.17, 15) is 0 Å². The van der Waals surface area contributed by atoms with Gasteiger partial charge in [0.25, 0.3) is 0 Å². The van der Waals surface area contributed by atoms with E-state index in [0.717, 1.165) is 61.6 Å².